The zero-order valence-corrected chi connectivity index (χ0v) is 9.15. The molecule has 1 atom stereocenters. The van der Waals surface area contributed by atoms with Crippen LogP contribution in [0.5, 0.6) is 0 Å². The Kier molecular flexibility index (Phi) is 2.91. The predicted molar refractivity (Wildman–Crippen MR) is 66.2 cm³/mol. The number of nitrogens with two attached hydrogens (primary N) is 1. The highest BCUT2D eigenvalue weighted by Gasteiger charge is 2.06. The number of nitrogen functional groups attached to an aromatic ring is 1. The van der Waals surface area contributed by atoms with Gasteiger partial charge in [-0.05, 0) is 29.7 Å². The second-order valence-electron chi connectivity index (χ2n) is 3.96. The van der Waals surface area contributed by atoms with Crippen molar-refractivity contribution in [2.45, 2.75) is 6.92 Å². The number of anilines is 1. The summed E-state index contributed by atoms with van der Waals surface area (Å²) in [5, 5.41) is 0. The largest absolute Gasteiger partial charge is 0.398 e. The Balaban J connectivity index is 2.45. The average molecular weight is 215 g/mol. The molecule has 0 saturated heterocycles. The van der Waals surface area contributed by atoms with Gasteiger partial charge in [0.2, 0.25) is 0 Å². The molecule has 1 aromatic carbocycles. The fourth-order valence-electron chi connectivity index (χ4n) is 1.67. The van der Waals surface area contributed by atoms with Crippen LogP contribution in [0.2, 0.25) is 0 Å². The first-order valence-corrected chi connectivity index (χ1v) is 5.29. The Labute approximate surface area is 94.8 Å². The van der Waals surface area contributed by atoms with Gasteiger partial charge in [0.15, 0.2) is 0 Å². The number of hydrogen-bond acceptors (Lipinski definition) is 1. The van der Waals surface area contributed by atoms with Gasteiger partial charge in [-0.15, -0.1) is 0 Å². The van der Waals surface area contributed by atoms with Crippen molar-refractivity contribution >= 4 is 11.3 Å². The highest BCUT2D eigenvalue weighted by Crippen LogP contribution is 2.25. The van der Waals surface area contributed by atoms with Crippen LogP contribution in [-0.4, -0.2) is 0 Å². The molecule has 0 spiro atoms. The first-order valence-electron chi connectivity index (χ1n) is 5.29. The van der Waals surface area contributed by atoms with Crippen LogP contribution < -0.4 is 5.73 Å². The van der Waals surface area contributed by atoms with E-state index in [2.05, 4.69) is 19.1 Å². The number of benzene rings is 1. The molecule has 2 rings (SSSR count). The molecule has 0 aliphatic heterocycles. The number of allylic oxidation sites excluding steroid dienone is 6. The van der Waals surface area contributed by atoms with Crippen LogP contribution in [-0.2, 0) is 0 Å². The zero-order chi connectivity index (χ0) is 11.5. The summed E-state index contributed by atoms with van der Waals surface area (Å²) < 4.78 is 13.2. The second-order valence-corrected chi connectivity index (χ2v) is 3.96. The van der Waals surface area contributed by atoms with Gasteiger partial charge in [0.25, 0.3) is 0 Å². The van der Waals surface area contributed by atoms with Crippen LogP contribution in [0.15, 0.2) is 48.6 Å². The lowest BCUT2D eigenvalue weighted by Gasteiger charge is -2.06. The molecule has 1 nitrogen and oxygen atoms in total. The van der Waals surface area contributed by atoms with E-state index < -0.39 is 0 Å². The maximum atomic E-state index is 13.2. The minimum absolute atomic E-state index is 0.264. The van der Waals surface area contributed by atoms with Crippen LogP contribution in [0.4, 0.5) is 10.1 Å². The SMILES string of the molecule is CC1C=CC=C(c2cc(F)ccc2N)C=C1. The summed E-state index contributed by atoms with van der Waals surface area (Å²) in [7, 11) is 0. The van der Waals surface area contributed by atoms with E-state index in [0.717, 1.165) is 11.1 Å². The Morgan fingerprint density at radius 3 is 2.88 bits per heavy atom. The average Bonchev–Trinajstić information content (AvgIpc) is 2.47. The molecule has 82 valence electrons. The molecule has 0 amide bonds. The third kappa shape index (κ3) is 2.22. The summed E-state index contributed by atoms with van der Waals surface area (Å²) in [6.07, 6.45) is 10.1. The maximum Gasteiger partial charge on any atom is 0.123 e. The van der Waals surface area contributed by atoms with Crippen LogP contribution in [0, 0.1) is 11.7 Å². The van der Waals surface area contributed by atoms with Crippen molar-refractivity contribution in [3.05, 3.63) is 60.0 Å². The highest BCUT2D eigenvalue weighted by atomic mass is 19.1. The molecule has 0 fully saturated rings. The Morgan fingerprint density at radius 2 is 2.06 bits per heavy atom. The first kappa shape index (κ1) is 10.7. The van der Waals surface area contributed by atoms with E-state index in [0.29, 0.717) is 11.6 Å². The van der Waals surface area contributed by atoms with Gasteiger partial charge in [-0.3, -0.25) is 0 Å². The van der Waals surface area contributed by atoms with E-state index in [1.807, 2.05) is 18.2 Å². The third-order valence-electron chi connectivity index (χ3n) is 2.60. The Morgan fingerprint density at radius 1 is 1.25 bits per heavy atom. The van der Waals surface area contributed by atoms with E-state index in [1.54, 1.807) is 6.07 Å². The highest BCUT2D eigenvalue weighted by molar-refractivity contribution is 5.82. The van der Waals surface area contributed by atoms with Gasteiger partial charge in [0.1, 0.15) is 5.82 Å². The molecular formula is C14H14FN. The van der Waals surface area contributed by atoms with E-state index >= 15 is 0 Å². The van der Waals surface area contributed by atoms with E-state index in [9.17, 15) is 4.39 Å². The van der Waals surface area contributed by atoms with E-state index in [-0.39, 0.29) is 5.82 Å². The smallest absolute Gasteiger partial charge is 0.123 e. The van der Waals surface area contributed by atoms with Crippen LogP contribution >= 0.6 is 0 Å². The van der Waals surface area contributed by atoms with E-state index in [4.69, 9.17) is 5.73 Å². The van der Waals surface area contributed by atoms with Crippen molar-refractivity contribution in [1.29, 1.82) is 0 Å². The second kappa shape index (κ2) is 4.35. The molecule has 2 heteroatoms. The maximum absolute atomic E-state index is 13.2. The third-order valence-corrected chi connectivity index (χ3v) is 2.60. The number of hydrogen-bond donors (Lipinski definition) is 1. The predicted octanol–water partition coefficient (Wildman–Crippen LogP) is 3.55. The Bertz CT molecular complexity index is 484. The van der Waals surface area contributed by atoms with E-state index in [1.165, 1.54) is 12.1 Å². The van der Waals surface area contributed by atoms with Gasteiger partial charge in [-0.2, -0.15) is 0 Å². The molecule has 0 saturated carbocycles. The lowest BCUT2D eigenvalue weighted by Crippen LogP contribution is -1.93. The fraction of sp³-hybridized carbons (Fsp3) is 0.143. The van der Waals surface area contributed by atoms with Gasteiger partial charge < -0.3 is 5.73 Å². The lowest BCUT2D eigenvalue weighted by atomic mass is 10.0. The molecule has 1 aliphatic rings. The van der Waals surface area contributed by atoms with Gasteiger partial charge >= 0.3 is 0 Å². The van der Waals surface area contributed by atoms with Crippen molar-refractivity contribution in [2.24, 2.45) is 5.92 Å². The summed E-state index contributed by atoms with van der Waals surface area (Å²) in [5.74, 6) is 0.128. The molecule has 2 N–H and O–H groups in total. The molecule has 16 heavy (non-hydrogen) atoms. The summed E-state index contributed by atoms with van der Waals surface area (Å²) in [4.78, 5) is 0. The minimum atomic E-state index is -0.264. The number of halogens is 1. The van der Waals surface area contributed by atoms with Gasteiger partial charge in [0.05, 0.1) is 0 Å². The van der Waals surface area contributed by atoms with Crippen LogP contribution in [0.3, 0.4) is 0 Å². The molecule has 0 radical (unpaired) electrons. The quantitative estimate of drug-likeness (QED) is 0.712. The first-order chi connectivity index (χ1) is 7.66. The molecular weight excluding hydrogens is 201 g/mol. The van der Waals surface area contributed by atoms with Crippen molar-refractivity contribution in [3.8, 4) is 0 Å². The van der Waals surface area contributed by atoms with Crippen molar-refractivity contribution in [3.63, 3.8) is 0 Å². The van der Waals surface area contributed by atoms with Gasteiger partial charge in [0, 0.05) is 11.3 Å². The Hall–Kier alpha value is -1.83. The zero-order valence-electron chi connectivity index (χ0n) is 9.15. The van der Waals surface area contributed by atoms with Gasteiger partial charge in [-0.25, -0.2) is 4.39 Å². The normalized spacial score (nSPS) is 19.4. The monoisotopic (exact) mass is 215 g/mol. The van der Waals surface area contributed by atoms with Crippen LogP contribution in [0.25, 0.3) is 5.57 Å². The summed E-state index contributed by atoms with van der Waals surface area (Å²) in [5.41, 5.74) is 8.13. The molecule has 0 heterocycles. The van der Waals surface area contributed by atoms with Gasteiger partial charge in [-0.1, -0.05) is 37.3 Å². The van der Waals surface area contributed by atoms with Crippen molar-refractivity contribution < 1.29 is 4.39 Å². The van der Waals surface area contributed by atoms with Crippen molar-refractivity contribution in [1.82, 2.24) is 0 Å². The lowest BCUT2D eigenvalue weighted by molar-refractivity contribution is 0.627. The molecule has 0 bridgehead atoms. The standard InChI is InChI=1S/C14H14FN/c1-10-3-2-4-11(6-5-10)13-9-12(15)7-8-14(13)16/h2-10H,16H2,1H3. The molecule has 1 unspecified atom stereocenters. The molecule has 1 aliphatic carbocycles. The van der Waals surface area contributed by atoms with Crippen LogP contribution in [0.1, 0.15) is 12.5 Å². The molecule has 1 aromatic rings. The summed E-state index contributed by atoms with van der Waals surface area (Å²) in [6.45, 7) is 2.10. The topological polar surface area (TPSA) is 26.0 Å². The minimum Gasteiger partial charge on any atom is -0.398 e. The summed E-state index contributed by atoms with van der Waals surface area (Å²) in [6, 6.07) is 4.44. The van der Waals surface area contributed by atoms with Crippen molar-refractivity contribution in [2.75, 3.05) is 5.73 Å². The fourth-order valence-corrected chi connectivity index (χ4v) is 1.67. The summed E-state index contributed by atoms with van der Waals surface area (Å²) >= 11 is 0. The molecule has 0 aromatic heterocycles. The number of rotatable bonds is 1.